The number of anilines is 4. The second-order valence-corrected chi connectivity index (χ2v) is 21.4. The number of benzene rings is 4. The zero-order valence-electron chi connectivity index (χ0n) is 45.4. The summed E-state index contributed by atoms with van der Waals surface area (Å²) in [5.41, 5.74) is 14.6. The maximum atomic E-state index is 13.9. The highest BCUT2D eigenvalue weighted by Crippen LogP contribution is 2.37. The van der Waals surface area contributed by atoms with Crippen LogP contribution in [0, 0.1) is 5.95 Å². The maximum Gasteiger partial charge on any atom is 0.407 e. The average Bonchev–Trinajstić information content (AvgIpc) is 3.46. The molecule has 2 aliphatic rings. The lowest BCUT2D eigenvalue weighted by Crippen LogP contribution is -2.42. The van der Waals surface area contributed by atoms with Crippen molar-refractivity contribution in [2.24, 2.45) is 0 Å². The van der Waals surface area contributed by atoms with Gasteiger partial charge in [0.1, 0.15) is 22.7 Å². The third kappa shape index (κ3) is 16.1. The summed E-state index contributed by atoms with van der Waals surface area (Å²) < 4.78 is 30.9. The molecule has 0 bridgehead atoms. The number of nitrogens with zero attached hydrogens (tertiary/aromatic N) is 6. The highest BCUT2D eigenvalue weighted by molar-refractivity contribution is 5.98. The molecule has 2 amide bonds. The number of pyridine rings is 2. The van der Waals surface area contributed by atoms with E-state index >= 15 is 0 Å². The van der Waals surface area contributed by atoms with Crippen LogP contribution in [-0.4, -0.2) is 82.6 Å². The van der Waals surface area contributed by atoms with Crippen LogP contribution >= 0.6 is 0 Å². The number of carbonyl (C=O) groups is 2. The van der Waals surface area contributed by atoms with Crippen LogP contribution in [0.1, 0.15) is 92.9 Å². The number of rotatable bonds is 10. The van der Waals surface area contributed by atoms with Crippen molar-refractivity contribution in [3.8, 4) is 39.9 Å². The van der Waals surface area contributed by atoms with E-state index in [1.807, 2.05) is 120 Å². The summed E-state index contributed by atoms with van der Waals surface area (Å²) in [6.45, 7) is 11.1. The Bertz CT molecular complexity index is 3310. The second-order valence-electron chi connectivity index (χ2n) is 21.4. The van der Waals surface area contributed by atoms with E-state index in [0.29, 0.717) is 51.9 Å². The van der Waals surface area contributed by atoms with Crippen LogP contribution in [0.25, 0.3) is 44.1 Å². The first kappa shape index (κ1) is 56.3. The molecule has 0 unspecified atom stereocenters. The number of aromatic hydroxyl groups is 1. The monoisotopic (exact) mass is 1070 g/mol. The van der Waals surface area contributed by atoms with Crippen molar-refractivity contribution in [1.29, 1.82) is 0 Å². The lowest BCUT2D eigenvalue weighted by molar-refractivity contribution is 0.0480. The number of phenolic OH excluding ortho intramolecular Hbond substituents is 1. The van der Waals surface area contributed by atoms with E-state index < -0.39 is 17.1 Å². The summed E-state index contributed by atoms with van der Waals surface area (Å²) in [7, 11) is 0. The Morgan fingerprint density at radius 2 is 0.962 bits per heavy atom. The van der Waals surface area contributed by atoms with Gasteiger partial charge < -0.3 is 52.1 Å². The molecule has 0 aliphatic heterocycles. The third-order valence-corrected chi connectivity index (χ3v) is 13.0. The Kier molecular flexibility index (Phi) is 18.2. The first-order chi connectivity index (χ1) is 37.8. The minimum absolute atomic E-state index is 0.102. The van der Waals surface area contributed by atoms with Gasteiger partial charge in [0.2, 0.25) is 23.7 Å². The van der Waals surface area contributed by atoms with Crippen molar-refractivity contribution >= 4 is 57.0 Å². The number of phenols is 1. The van der Waals surface area contributed by atoms with E-state index in [9.17, 15) is 19.1 Å². The van der Waals surface area contributed by atoms with Crippen molar-refractivity contribution < 1.29 is 33.3 Å². The highest BCUT2D eigenvalue weighted by atomic mass is 19.1. The van der Waals surface area contributed by atoms with Crippen LogP contribution in [0.15, 0.2) is 134 Å². The number of nitrogens with one attached hydrogen (secondary N) is 4. The van der Waals surface area contributed by atoms with Crippen LogP contribution in [0.3, 0.4) is 0 Å². The molecule has 0 saturated heterocycles. The highest BCUT2D eigenvalue weighted by Gasteiger charge is 2.27. The Morgan fingerprint density at radius 3 is 1.47 bits per heavy atom. The van der Waals surface area contributed by atoms with Gasteiger partial charge in [-0.3, -0.25) is 0 Å². The van der Waals surface area contributed by atoms with Gasteiger partial charge in [-0.15, -0.1) is 0 Å². The van der Waals surface area contributed by atoms with Gasteiger partial charge in [0.25, 0.3) is 0 Å². The third-order valence-electron chi connectivity index (χ3n) is 13.0. The number of amides is 2. The van der Waals surface area contributed by atoms with Crippen molar-refractivity contribution in [1.82, 2.24) is 40.5 Å². The van der Waals surface area contributed by atoms with E-state index in [-0.39, 0.29) is 42.1 Å². The Balaban J connectivity index is 0.000000177. The number of aromatic nitrogens is 6. The van der Waals surface area contributed by atoms with Crippen molar-refractivity contribution in [3.63, 3.8) is 0 Å². The summed E-state index contributed by atoms with van der Waals surface area (Å²) in [6.07, 6.45) is 12.6. The number of carbonyl (C=O) groups excluding carboxylic acids is 2. The van der Waals surface area contributed by atoms with Crippen LogP contribution in [0.5, 0.6) is 17.4 Å². The SMILES string of the molecule is CC(C)(C)OC(=O)NC1CCC(Nc2nccc(-c3cccnc3F)n2)CC1.CC(C)(C)OC(=O)NC1CCC(Nc2nccc(-c3cccnc3Oc3ccc(N)c4ccccc34)n2)CC1.Nc1ccc(O)c2ccccc12. The Hall–Kier alpha value is -8.87. The molecule has 0 spiro atoms. The molecule has 19 heteroatoms. The van der Waals surface area contributed by atoms with Gasteiger partial charge in [0.05, 0.1) is 22.5 Å². The molecule has 412 valence electrons. The molecular weight excluding hydrogens is 1000 g/mol. The number of hydrogen-bond donors (Lipinski definition) is 7. The van der Waals surface area contributed by atoms with Gasteiger partial charge >= 0.3 is 12.2 Å². The summed E-state index contributed by atoms with van der Waals surface area (Å²) >= 11 is 0. The van der Waals surface area contributed by atoms with Gasteiger partial charge in [0, 0.05) is 81.9 Å². The van der Waals surface area contributed by atoms with Crippen LogP contribution in [0.4, 0.5) is 37.3 Å². The smallest absolute Gasteiger partial charge is 0.407 e. The lowest BCUT2D eigenvalue weighted by atomic mass is 9.91. The van der Waals surface area contributed by atoms with Gasteiger partial charge in [-0.25, -0.2) is 39.5 Å². The van der Waals surface area contributed by atoms with E-state index in [2.05, 4.69) is 46.2 Å². The zero-order valence-corrected chi connectivity index (χ0v) is 45.4. The van der Waals surface area contributed by atoms with Crippen molar-refractivity contribution in [2.75, 3.05) is 22.1 Å². The van der Waals surface area contributed by atoms with Crippen LogP contribution < -0.4 is 37.5 Å². The summed E-state index contributed by atoms with van der Waals surface area (Å²) in [6, 6.07) is 33.6. The van der Waals surface area contributed by atoms with Crippen LogP contribution in [0.2, 0.25) is 0 Å². The molecule has 10 rings (SSSR count). The maximum absolute atomic E-state index is 13.9. The number of hydrogen-bond acceptors (Lipinski definition) is 16. The molecule has 8 aromatic rings. The molecule has 9 N–H and O–H groups in total. The molecule has 0 radical (unpaired) electrons. The summed E-state index contributed by atoms with van der Waals surface area (Å²) in [5, 5.41) is 25.7. The number of fused-ring (bicyclic) bond motifs is 2. The molecule has 2 aliphatic carbocycles. The molecule has 79 heavy (non-hydrogen) atoms. The first-order valence-corrected chi connectivity index (χ1v) is 26.5. The molecule has 2 saturated carbocycles. The van der Waals surface area contributed by atoms with Crippen LogP contribution in [-0.2, 0) is 9.47 Å². The van der Waals surface area contributed by atoms with Gasteiger partial charge in [-0.05, 0) is 154 Å². The molecule has 2 fully saturated rings. The quantitative estimate of drug-likeness (QED) is 0.0381. The number of alkyl carbamates (subject to hydrolysis) is 2. The first-order valence-electron chi connectivity index (χ1n) is 26.5. The zero-order chi connectivity index (χ0) is 56.1. The minimum atomic E-state index is -0.555. The molecular formula is C60H69FN12O6. The number of nitrogen functional groups attached to an aromatic ring is 2. The lowest BCUT2D eigenvalue weighted by Gasteiger charge is -2.30. The Labute approximate surface area is 459 Å². The second kappa shape index (κ2) is 25.5. The molecule has 4 heterocycles. The summed E-state index contributed by atoms with van der Waals surface area (Å²) in [5.74, 6) is 1.85. The van der Waals surface area contributed by atoms with Crippen molar-refractivity contribution in [3.05, 3.63) is 140 Å². The van der Waals surface area contributed by atoms with E-state index in [1.165, 1.54) is 6.20 Å². The molecule has 18 nitrogen and oxygen atoms in total. The molecule has 4 aromatic heterocycles. The van der Waals surface area contributed by atoms with E-state index in [1.54, 1.807) is 48.9 Å². The fourth-order valence-electron chi connectivity index (χ4n) is 9.27. The predicted octanol–water partition coefficient (Wildman–Crippen LogP) is 12.4. The summed E-state index contributed by atoms with van der Waals surface area (Å²) in [4.78, 5) is 50.0. The largest absolute Gasteiger partial charge is 0.507 e. The fraction of sp³-hybridized carbons (Fsp3) is 0.333. The van der Waals surface area contributed by atoms with Crippen molar-refractivity contribution in [2.45, 2.75) is 128 Å². The topological polar surface area (TPSA) is 260 Å². The number of nitrogens with two attached hydrogens (primary N) is 2. The van der Waals surface area contributed by atoms with E-state index in [4.69, 9.17) is 30.7 Å². The number of halogens is 1. The van der Waals surface area contributed by atoms with Gasteiger partial charge in [0.15, 0.2) is 0 Å². The molecule has 0 atom stereocenters. The average molecular weight is 1070 g/mol. The normalized spacial score (nSPS) is 17.2. The Morgan fingerprint density at radius 1 is 0.519 bits per heavy atom. The minimum Gasteiger partial charge on any atom is -0.507 e. The standard InChI is InChI=1S/C30H34N6O3.C20H26FN5O2.C10H9NO/c1-30(2,3)39-29(37)35-20-12-10-19(11-13-20)34-28-33-18-16-25(36-28)23-9-6-17-32-27(23)38-26-15-14-24(31)21-7-4-5-8-22(21)26;1-20(2,3)28-19(27)25-14-8-6-13(7-9-14)24-18-23-12-10-16(26-18)15-5-4-11-22-17(15)21;11-9-5-6-10(12)8-4-2-1-3-7(8)9/h4-9,14-20H,10-13,31H2,1-3H3,(H,35,37)(H,33,34,36);4-5,10-14H,6-9H2,1-3H3,(H,25,27)(H,23,24,26);1-6,12H,11H2. The van der Waals surface area contributed by atoms with Gasteiger partial charge in [-0.1, -0.05) is 48.5 Å². The molecule has 4 aromatic carbocycles. The van der Waals surface area contributed by atoms with E-state index in [0.717, 1.165) is 78.5 Å². The fourth-order valence-corrected chi connectivity index (χ4v) is 9.27. The number of ether oxygens (including phenoxy) is 3. The predicted molar refractivity (Wildman–Crippen MR) is 307 cm³/mol. The van der Waals surface area contributed by atoms with Gasteiger partial charge in [-0.2, -0.15) is 4.39 Å².